The number of nitrogens with zero attached hydrogens (tertiary/aromatic N) is 2. The number of anilines is 2. The molecule has 9 heteroatoms. The van der Waals surface area contributed by atoms with Crippen molar-refractivity contribution >= 4 is 28.8 Å². The van der Waals surface area contributed by atoms with Crippen LogP contribution >= 0.6 is 0 Å². The highest BCUT2D eigenvalue weighted by Crippen LogP contribution is 2.49. The number of piperidine rings is 1. The second-order valence-electron chi connectivity index (χ2n) is 8.76. The van der Waals surface area contributed by atoms with Gasteiger partial charge in [0.15, 0.2) is 11.5 Å². The lowest BCUT2D eigenvalue weighted by Crippen LogP contribution is -2.61. The van der Waals surface area contributed by atoms with Crippen molar-refractivity contribution in [3.8, 4) is 11.5 Å². The van der Waals surface area contributed by atoms with Gasteiger partial charge >= 0.3 is 17.5 Å². The zero-order valence-electron chi connectivity index (χ0n) is 17.5. The van der Waals surface area contributed by atoms with Crippen molar-refractivity contribution in [1.82, 2.24) is 4.90 Å². The van der Waals surface area contributed by atoms with Crippen LogP contribution in [0.3, 0.4) is 0 Å². The van der Waals surface area contributed by atoms with E-state index >= 15 is 0 Å². The van der Waals surface area contributed by atoms with Crippen molar-refractivity contribution in [2.45, 2.75) is 44.6 Å². The highest BCUT2D eigenvalue weighted by molar-refractivity contribution is 7.75. The van der Waals surface area contributed by atoms with Crippen molar-refractivity contribution < 1.29 is 26.8 Å². The zero-order valence-corrected chi connectivity index (χ0v) is 18.3. The Morgan fingerprint density at radius 2 is 1.61 bits per heavy atom. The highest BCUT2D eigenvalue weighted by Gasteiger charge is 2.51. The van der Waals surface area contributed by atoms with Crippen LogP contribution < -0.4 is 9.64 Å². The van der Waals surface area contributed by atoms with Crippen LogP contribution in [0.1, 0.15) is 20.8 Å². The predicted molar refractivity (Wildman–Crippen MR) is 115 cm³/mol. The van der Waals surface area contributed by atoms with E-state index in [2.05, 4.69) is 4.90 Å². The predicted octanol–water partition coefficient (Wildman–Crippen LogP) is 3.91. The van der Waals surface area contributed by atoms with Crippen molar-refractivity contribution in [3.05, 3.63) is 48.5 Å². The van der Waals surface area contributed by atoms with Gasteiger partial charge in [0.05, 0.1) is 24.0 Å². The zero-order chi connectivity index (χ0) is 21.8. The Bertz CT molecular complexity index is 993. The Kier molecular flexibility index (Phi) is 4.91. The lowest BCUT2D eigenvalue weighted by Gasteiger charge is -2.46. The number of hydrogen-bond donors (Lipinski definition) is 0. The normalized spacial score (nSPS) is 27.1. The first-order valence-electron chi connectivity index (χ1n) is 10.2. The summed E-state index contributed by atoms with van der Waals surface area (Å²) >= 11 is -1.87. The molecule has 3 heterocycles. The van der Waals surface area contributed by atoms with Crippen LogP contribution in [-0.2, 0) is 24.5 Å². The fraction of sp³-hybridized carbons (Fsp3) is 0.409. The maximum absolute atomic E-state index is 12.9. The Morgan fingerprint density at radius 3 is 2.23 bits per heavy atom. The minimum atomic E-state index is -1.87. The van der Waals surface area contributed by atoms with Crippen LogP contribution in [0, 0.1) is 0 Å². The molecule has 0 bridgehead atoms. The van der Waals surface area contributed by atoms with Crippen LogP contribution in [0.25, 0.3) is 0 Å². The van der Waals surface area contributed by atoms with E-state index in [-0.39, 0.29) is 12.6 Å². The van der Waals surface area contributed by atoms with Crippen molar-refractivity contribution in [2.24, 2.45) is 0 Å². The fourth-order valence-electron chi connectivity index (χ4n) is 4.19. The van der Waals surface area contributed by atoms with Crippen molar-refractivity contribution in [2.75, 3.05) is 18.0 Å². The number of likely N-dealkylation sites (tertiary alicyclic amines) is 1. The molecular weight excluding hydrogens is 420 g/mol. The van der Waals surface area contributed by atoms with Gasteiger partial charge < -0.3 is 19.3 Å². The third-order valence-electron chi connectivity index (χ3n) is 5.40. The molecule has 3 aliphatic heterocycles. The molecule has 0 aromatic heterocycles. The molecule has 0 saturated carbocycles. The summed E-state index contributed by atoms with van der Waals surface area (Å²) in [4.78, 5) is 16.6. The molecular formula is C22H24N2O6S. The number of carbonyl (C=O) groups excluding carboxylic acids is 1. The minimum absolute atomic E-state index is 0.245. The molecule has 0 radical (unpaired) electrons. The van der Waals surface area contributed by atoms with Crippen LogP contribution in [0.2, 0.25) is 0 Å². The van der Waals surface area contributed by atoms with Gasteiger partial charge in [0.25, 0.3) is 0 Å². The molecule has 5 rings (SSSR count). The van der Waals surface area contributed by atoms with E-state index in [1.165, 1.54) is 0 Å². The smallest absolute Gasteiger partial charge is 0.410 e. The second kappa shape index (κ2) is 7.51. The van der Waals surface area contributed by atoms with Crippen LogP contribution in [0.5, 0.6) is 11.5 Å². The lowest BCUT2D eigenvalue weighted by atomic mass is 9.96. The average Bonchev–Trinajstić information content (AvgIpc) is 3.10. The Labute approximate surface area is 183 Å². The van der Waals surface area contributed by atoms with E-state index in [4.69, 9.17) is 17.8 Å². The molecule has 2 fully saturated rings. The van der Waals surface area contributed by atoms with Crippen molar-refractivity contribution in [1.29, 1.82) is 0 Å². The molecule has 2 aromatic carbocycles. The van der Waals surface area contributed by atoms with E-state index < -0.39 is 35.3 Å². The Balaban J connectivity index is 1.56. The summed E-state index contributed by atoms with van der Waals surface area (Å²) in [6.45, 7) is 6.05. The van der Waals surface area contributed by atoms with Crippen LogP contribution in [0.15, 0.2) is 48.5 Å². The van der Waals surface area contributed by atoms with E-state index in [9.17, 15) is 9.00 Å². The number of benzene rings is 2. The molecule has 4 atom stereocenters. The molecule has 164 valence electrons. The first kappa shape index (κ1) is 20.3. The first-order chi connectivity index (χ1) is 14.8. The number of hydrogen-bond acceptors (Lipinski definition) is 7. The van der Waals surface area contributed by atoms with Gasteiger partial charge in [-0.1, -0.05) is 24.3 Å². The van der Waals surface area contributed by atoms with Gasteiger partial charge in [0.2, 0.25) is 0 Å². The number of amides is 1. The highest BCUT2D eigenvalue weighted by atomic mass is 32.2. The summed E-state index contributed by atoms with van der Waals surface area (Å²) < 4.78 is 35.0. The summed E-state index contributed by atoms with van der Waals surface area (Å²) in [5, 5.41) is 0. The quantitative estimate of drug-likeness (QED) is 0.660. The van der Waals surface area contributed by atoms with Gasteiger partial charge in [0, 0.05) is 6.54 Å². The van der Waals surface area contributed by atoms with Crippen molar-refractivity contribution in [3.63, 3.8) is 0 Å². The van der Waals surface area contributed by atoms with Gasteiger partial charge in [-0.15, -0.1) is 0 Å². The monoisotopic (exact) mass is 444 g/mol. The Hall–Kier alpha value is -2.62. The molecule has 3 aliphatic rings. The van der Waals surface area contributed by atoms with Gasteiger partial charge in [-0.05, 0) is 45.0 Å². The minimum Gasteiger partial charge on any atom is -0.453 e. The molecule has 8 nitrogen and oxygen atoms in total. The average molecular weight is 445 g/mol. The maximum atomic E-state index is 12.9. The first-order valence-corrected chi connectivity index (χ1v) is 11.2. The van der Waals surface area contributed by atoms with Crippen LogP contribution in [-0.4, -0.2) is 52.1 Å². The lowest BCUT2D eigenvalue weighted by molar-refractivity contribution is -0.00656. The van der Waals surface area contributed by atoms with Gasteiger partial charge in [-0.25, -0.2) is 4.79 Å². The molecule has 0 N–H and O–H groups in total. The molecule has 0 aliphatic carbocycles. The summed E-state index contributed by atoms with van der Waals surface area (Å²) in [5.74, 6) is 1.40. The van der Waals surface area contributed by atoms with Gasteiger partial charge in [0.1, 0.15) is 17.8 Å². The topological polar surface area (TPSA) is 77.5 Å². The third-order valence-corrected chi connectivity index (χ3v) is 6.18. The molecule has 31 heavy (non-hydrogen) atoms. The van der Waals surface area contributed by atoms with Gasteiger partial charge in [-0.3, -0.25) is 8.37 Å². The SMILES string of the molecule is CC(C)(C)OC(=O)N1CC(N2c3ccccc3Oc3ccccc32)[C@H]2OS(=O)O[C@H]2C1. The summed E-state index contributed by atoms with van der Waals surface area (Å²) in [6, 6.07) is 15.0. The van der Waals surface area contributed by atoms with E-state index in [1.54, 1.807) is 4.90 Å². The summed E-state index contributed by atoms with van der Waals surface area (Å²) in [6.07, 6.45) is -1.46. The number of fused-ring (bicyclic) bond motifs is 3. The Morgan fingerprint density at radius 1 is 1.00 bits per heavy atom. The maximum Gasteiger partial charge on any atom is 0.410 e. The molecule has 2 saturated heterocycles. The van der Waals surface area contributed by atoms with E-state index in [1.807, 2.05) is 69.3 Å². The number of para-hydroxylation sites is 4. The van der Waals surface area contributed by atoms with E-state index in [0.29, 0.717) is 18.0 Å². The number of carbonyl (C=O) groups is 1. The third kappa shape index (κ3) is 3.77. The summed E-state index contributed by atoms with van der Waals surface area (Å²) in [7, 11) is 0. The molecule has 2 unspecified atom stereocenters. The molecule has 1 amide bonds. The molecule has 2 aromatic rings. The molecule has 0 spiro atoms. The largest absolute Gasteiger partial charge is 0.453 e. The number of rotatable bonds is 1. The summed E-state index contributed by atoms with van der Waals surface area (Å²) in [5.41, 5.74) is 1.06. The van der Waals surface area contributed by atoms with Gasteiger partial charge in [-0.2, -0.15) is 4.21 Å². The van der Waals surface area contributed by atoms with E-state index in [0.717, 1.165) is 11.4 Å². The second-order valence-corrected chi connectivity index (χ2v) is 9.55. The fourth-order valence-corrected chi connectivity index (χ4v) is 5.04. The number of ether oxygens (including phenoxy) is 2. The van der Waals surface area contributed by atoms with Crippen LogP contribution in [0.4, 0.5) is 16.2 Å². The standard InChI is InChI=1S/C22H24N2O6S/c1-22(2,3)28-21(25)23-12-16(20-19(13-23)29-31(26)30-20)24-14-8-4-6-10-17(14)27-18-11-7-5-9-15(18)24/h4-11,16,19-20H,12-13H2,1-3H3/t16?,19-,20+,31?/m0/s1.